The normalized spacial score (nSPS) is 26.0. The van der Waals surface area contributed by atoms with Crippen LogP contribution in [0.25, 0.3) is 11.1 Å². The molecule has 2 nitrogen and oxygen atoms in total. The van der Waals surface area contributed by atoms with E-state index in [0.717, 1.165) is 45.1 Å². The predicted molar refractivity (Wildman–Crippen MR) is 111 cm³/mol. The molecule has 0 amide bonds. The lowest BCUT2D eigenvalue weighted by atomic mass is 9.65. The van der Waals surface area contributed by atoms with E-state index in [0.29, 0.717) is 29.1 Å². The number of hydrogen-bond acceptors (Lipinski definition) is 2. The van der Waals surface area contributed by atoms with Gasteiger partial charge in [-0.05, 0) is 98.6 Å². The minimum atomic E-state index is -2.94. The summed E-state index contributed by atoms with van der Waals surface area (Å²) in [4.78, 5) is 0. The first-order valence-electron chi connectivity index (χ1n) is 11.1. The summed E-state index contributed by atoms with van der Waals surface area (Å²) in [6.07, 6.45) is 6.58. The smallest absolute Gasteiger partial charge is 0.387 e. The van der Waals surface area contributed by atoms with E-state index >= 15 is 0 Å². The highest BCUT2D eigenvalue weighted by molar-refractivity contribution is 5.66. The third-order valence-corrected chi connectivity index (χ3v) is 6.87. The number of hydrogen-bond donors (Lipinski definition) is 0. The van der Waals surface area contributed by atoms with Gasteiger partial charge in [0.15, 0.2) is 0 Å². The van der Waals surface area contributed by atoms with Crippen molar-refractivity contribution in [2.45, 2.75) is 64.1 Å². The maximum absolute atomic E-state index is 14.9. The van der Waals surface area contributed by atoms with Crippen LogP contribution in [0, 0.1) is 23.5 Å². The Hall–Kier alpha value is -2.08. The van der Waals surface area contributed by atoms with Crippen LogP contribution in [0.5, 0.6) is 5.75 Å². The quantitative estimate of drug-likeness (QED) is 0.442. The van der Waals surface area contributed by atoms with E-state index in [4.69, 9.17) is 4.74 Å². The summed E-state index contributed by atoms with van der Waals surface area (Å²) in [6, 6.07) is 8.24. The molecule has 168 valence electrons. The van der Waals surface area contributed by atoms with Gasteiger partial charge < -0.3 is 9.47 Å². The minimum absolute atomic E-state index is 0.0491. The third-order valence-electron chi connectivity index (χ3n) is 6.87. The molecule has 2 aromatic carbocycles. The van der Waals surface area contributed by atoms with Crippen LogP contribution in [0.2, 0.25) is 0 Å². The van der Waals surface area contributed by atoms with Gasteiger partial charge in [-0.3, -0.25) is 0 Å². The maximum atomic E-state index is 14.9. The van der Waals surface area contributed by atoms with Gasteiger partial charge in [0.05, 0.1) is 11.7 Å². The van der Waals surface area contributed by atoms with Crippen LogP contribution < -0.4 is 4.74 Å². The lowest BCUT2D eigenvalue weighted by Crippen LogP contribution is -2.33. The summed E-state index contributed by atoms with van der Waals surface area (Å²) in [5, 5.41) is 0. The van der Waals surface area contributed by atoms with Crippen molar-refractivity contribution in [1.82, 2.24) is 0 Å². The van der Waals surface area contributed by atoms with Crippen LogP contribution in [0.1, 0.15) is 56.9 Å². The van der Waals surface area contributed by atoms with Crippen molar-refractivity contribution in [3.8, 4) is 16.9 Å². The van der Waals surface area contributed by atoms with Crippen molar-refractivity contribution < 1.29 is 27.0 Å². The molecule has 0 radical (unpaired) electrons. The molecule has 0 saturated heterocycles. The Balaban J connectivity index is 1.48. The fourth-order valence-corrected chi connectivity index (χ4v) is 5.44. The summed E-state index contributed by atoms with van der Waals surface area (Å²) in [7, 11) is 0. The highest BCUT2D eigenvalue weighted by atomic mass is 19.3. The maximum Gasteiger partial charge on any atom is 0.387 e. The van der Waals surface area contributed by atoms with Crippen molar-refractivity contribution in [2.75, 3.05) is 6.61 Å². The van der Waals surface area contributed by atoms with Gasteiger partial charge in [0.1, 0.15) is 17.4 Å². The van der Waals surface area contributed by atoms with E-state index in [1.165, 1.54) is 36.4 Å². The monoisotopic (exact) mass is 436 g/mol. The molecular weight excluding hydrogens is 408 g/mol. The van der Waals surface area contributed by atoms with Gasteiger partial charge in [0.25, 0.3) is 0 Å². The Morgan fingerprint density at radius 1 is 0.903 bits per heavy atom. The van der Waals surface area contributed by atoms with E-state index in [9.17, 15) is 17.6 Å². The first kappa shape index (κ1) is 22.1. The summed E-state index contributed by atoms with van der Waals surface area (Å²) in [5.41, 5.74) is 0.862. The van der Waals surface area contributed by atoms with E-state index in [-0.39, 0.29) is 17.2 Å². The van der Waals surface area contributed by atoms with Crippen molar-refractivity contribution in [3.05, 3.63) is 53.6 Å². The Labute approximate surface area is 180 Å². The Bertz CT molecular complexity index is 861. The molecule has 0 heterocycles. The largest absolute Gasteiger partial charge is 0.435 e. The second-order valence-electron chi connectivity index (χ2n) is 8.68. The zero-order valence-electron chi connectivity index (χ0n) is 17.6. The molecule has 0 bridgehead atoms. The lowest BCUT2D eigenvalue weighted by Gasteiger charge is -2.42. The fraction of sp³-hybridized carbons (Fsp3) is 0.520. The number of ether oxygens (including phenoxy) is 2. The molecule has 0 aromatic heterocycles. The summed E-state index contributed by atoms with van der Waals surface area (Å²) >= 11 is 0. The van der Waals surface area contributed by atoms with E-state index in [1.807, 2.05) is 6.92 Å². The molecule has 0 N–H and O–H groups in total. The number of rotatable bonds is 6. The zero-order valence-corrected chi connectivity index (χ0v) is 17.6. The molecule has 31 heavy (non-hydrogen) atoms. The van der Waals surface area contributed by atoms with E-state index < -0.39 is 18.2 Å². The molecule has 4 unspecified atom stereocenters. The van der Waals surface area contributed by atoms with Crippen LogP contribution in [-0.4, -0.2) is 19.3 Å². The van der Waals surface area contributed by atoms with E-state index in [1.54, 1.807) is 0 Å². The number of halogens is 4. The van der Waals surface area contributed by atoms with Crippen LogP contribution in [0.15, 0.2) is 36.4 Å². The van der Waals surface area contributed by atoms with Gasteiger partial charge in [-0.1, -0.05) is 12.1 Å². The average molecular weight is 436 g/mol. The molecule has 0 spiro atoms. The highest BCUT2D eigenvalue weighted by Gasteiger charge is 2.36. The number of alkyl halides is 2. The molecule has 0 aliphatic heterocycles. The van der Waals surface area contributed by atoms with Gasteiger partial charge >= 0.3 is 6.61 Å². The van der Waals surface area contributed by atoms with Crippen LogP contribution in [0.4, 0.5) is 17.6 Å². The summed E-state index contributed by atoms with van der Waals surface area (Å²) in [6.45, 7) is -0.165. The molecule has 4 atom stereocenters. The average Bonchev–Trinajstić information content (AvgIpc) is 2.74. The van der Waals surface area contributed by atoms with E-state index in [2.05, 4.69) is 4.74 Å². The lowest BCUT2D eigenvalue weighted by molar-refractivity contribution is -0.0498. The van der Waals surface area contributed by atoms with Crippen LogP contribution in [-0.2, 0) is 4.74 Å². The fourth-order valence-electron chi connectivity index (χ4n) is 5.44. The summed E-state index contributed by atoms with van der Waals surface area (Å²) in [5.74, 6) is 0.0873. The second kappa shape index (κ2) is 9.60. The topological polar surface area (TPSA) is 18.5 Å². The minimum Gasteiger partial charge on any atom is -0.435 e. The van der Waals surface area contributed by atoms with Gasteiger partial charge in [-0.25, -0.2) is 8.78 Å². The molecule has 2 fully saturated rings. The van der Waals surface area contributed by atoms with Gasteiger partial charge in [0, 0.05) is 6.61 Å². The molecule has 2 aliphatic rings. The van der Waals surface area contributed by atoms with Crippen molar-refractivity contribution in [2.24, 2.45) is 11.8 Å². The van der Waals surface area contributed by atoms with Crippen molar-refractivity contribution >= 4 is 0 Å². The first-order valence-corrected chi connectivity index (χ1v) is 11.1. The Morgan fingerprint density at radius 2 is 1.55 bits per heavy atom. The molecule has 6 heteroatoms. The standard InChI is InChI=1S/C25H28F4O2/c1-2-30-21-10-7-16-11-17(3-4-18(16)12-21)19-13-22(26)24(23(27)14-19)15-5-8-20(9-6-15)31-25(28)29/h5-6,8-9,13-14,16-18,21,25H,2-4,7,10-12H2,1H3. The number of fused-ring (bicyclic) bond motifs is 1. The third kappa shape index (κ3) is 5.05. The zero-order chi connectivity index (χ0) is 22.0. The van der Waals surface area contributed by atoms with Crippen LogP contribution >= 0.6 is 0 Å². The highest BCUT2D eigenvalue weighted by Crippen LogP contribution is 2.47. The molecule has 2 aromatic rings. The second-order valence-corrected chi connectivity index (χ2v) is 8.68. The first-order chi connectivity index (χ1) is 14.9. The predicted octanol–water partition coefficient (Wildman–Crippen LogP) is 7.32. The Morgan fingerprint density at radius 3 is 2.19 bits per heavy atom. The van der Waals surface area contributed by atoms with Gasteiger partial charge in [-0.2, -0.15) is 8.78 Å². The molecule has 2 aliphatic carbocycles. The van der Waals surface area contributed by atoms with Crippen molar-refractivity contribution in [1.29, 1.82) is 0 Å². The van der Waals surface area contributed by atoms with Crippen molar-refractivity contribution in [3.63, 3.8) is 0 Å². The molecule has 2 saturated carbocycles. The Kier molecular flexibility index (Phi) is 6.85. The van der Waals surface area contributed by atoms with Crippen LogP contribution in [0.3, 0.4) is 0 Å². The molecular formula is C25H28F4O2. The SMILES string of the molecule is CCOC1CCC2CC(c3cc(F)c(-c4ccc(OC(F)F)cc4)c(F)c3)CCC2C1. The van der Waals surface area contributed by atoms with Gasteiger partial charge in [-0.15, -0.1) is 0 Å². The van der Waals surface area contributed by atoms with Gasteiger partial charge in [0.2, 0.25) is 0 Å². The molecule has 4 rings (SSSR count). The summed E-state index contributed by atoms with van der Waals surface area (Å²) < 4.78 is 64.6. The number of benzene rings is 2.